The lowest BCUT2D eigenvalue weighted by Gasteiger charge is -2.43. The molecule has 1 fully saturated rings. The maximum absolute atomic E-state index is 11.7. The van der Waals surface area contributed by atoms with E-state index in [4.69, 9.17) is 17.3 Å². The Kier molecular flexibility index (Phi) is 3.59. The minimum Gasteiger partial charge on any atom is -0.367 e. The predicted molar refractivity (Wildman–Crippen MR) is 85.9 cm³/mol. The van der Waals surface area contributed by atoms with Gasteiger partial charge in [0.05, 0.1) is 10.7 Å². The van der Waals surface area contributed by atoms with Crippen LogP contribution < -0.4 is 16.0 Å². The van der Waals surface area contributed by atoms with E-state index in [0.717, 1.165) is 30.0 Å². The number of carbonyl (C=O) groups excluding carboxylic acids is 1. The number of hydrogen-bond acceptors (Lipinski definition) is 4. The first kappa shape index (κ1) is 14.6. The molecule has 6 heteroatoms. The Morgan fingerprint density at radius 2 is 1.90 bits per heavy atom. The number of nitrogens with two attached hydrogens (primary N) is 1. The molecular formula is C15H21ClN4O. The van der Waals surface area contributed by atoms with Crippen LogP contribution in [0.2, 0.25) is 5.02 Å². The van der Waals surface area contributed by atoms with Gasteiger partial charge in [-0.3, -0.25) is 9.69 Å². The topological polar surface area (TPSA) is 61.6 Å². The zero-order valence-electron chi connectivity index (χ0n) is 12.6. The first-order valence-electron chi connectivity index (χ1n) is 7.25. The molecule has 0 spiro atoms. The van der Waals surface area contributed by atoms with Gasteiger partial charge in [-0.25, -0.2) is 0 Å². The third kappa shape index (κ3) is 2.39. The number of fused-ring (bicyclic) bond motifs is 1. The molecule has 3 rings (SSSR count). The number of nitrogens with zero attached hydrogens (tertiary/aromatic N) is 2. The zero-order chi connectivity index (χ0) is 15.3. The maximum atomic E-state index is 11.7. The van der Waals surface area contributed by atoms with Crippen molar-refractivity contribution >= 4 is 28.9 Å². The number of halogens is 1. The molecule has 0 bridgehead atoms. The number of likely N-dealkylation sites (N-methyl/N-ethyl adjacent to an activating group) is 1. The number of amides is 1. The van der Waals surface area contributed by atoms with Crippen LogP contribution in [0.3, 0.4) is 0 Å². The van der Waals surface area contributed by atoms with E-state index in [2.05, 4.69) is 36.0 Å². The first-order valence-corrected chi connectivity index (χ1v) is 7.63. The predicted octanol–water partition coefficient (Wildman–Crippen LogP) is 1.82. The van der Waals surface area contributed by atoms with E-state index in [1.807, 2.05) is 12.1 Å². The van der Waals surface area contributed by atoms with Crippen LogP contribution in [0.15, 0.2) is 12.1 Å². The zero-order valence-corrected chi connectivity index (χ0v) is 13.3. The smallest absolute Gasteiger partial charge is 0.245 e. The Morgan fingerprint density at radius 3 is 2.52 bits per heavy atom. The summed E-state index contributed by atoms with van der Waals surface area (Å²) < 4.78 is 0. The van der Waals surface area contributed by atoms with E-state index in [0.29, 0.717) is 17.1 Å². The summed E-state index contributed by atoms with van der Waals surface area (Å²) in [4.78, 5) is 16.3. The van der Waals surface area contributed by atoms with Crippen LogP contribution in [0.25, 0.3) is 0 Å². The summed E-state index contributed by atoms with van der Waals surface area (Å²) >= 11 is 6.44. The summed E-state index contributed by atoms with van der Waals surface area (Å²) in [6, 6.07) is 4.07. The van der Waals surface area contributed by atoms with Gasteiger partial charge in [-0.15, -0.1) is 0 Å². The van der Waals surface area contributed by atoms with Gasteiger partial charge in [0, 0.05) is 36.4 Å². The molecule has 1 saturated heterocycles. The highest BCUT2D eigenvalue weighted by atomic mass is 35.5. The molecule has 1 aromatic rings. The van der Waals surface area contributed by atoms with E-state index in [9.17, 15) is 4.79 Å². The number of anilines is 2. The third-order valence-corrected chi connectivity index (χ3v) is 5.00. The van der Waals surface area contributed by atoms with E-state index in [1.165, 1.54) is 0 Å². The highest BCUT2D eigenvalue weighted by Gasteiger charge is 2.31. The summed E-state index contributed by atoms with van der Waals surface area (Å²) in [6.07, 6.45) is 0. The second-order valence-corrected chi connectivity index (χ2v) is 6.53. The lowest BCUT2D eigenvalue weighted by atomic mass is 10.1. The van der Waals surface area contributed by atoms with Crippen LogP contribution >= 0.6 is 11.6 Å². The summed E-state index contributed by atoms with van der Waals surface area (Å²) in [7, 11) is 2.15. The molecule has 5 nitrogen and oxygen atoms in total. The molecule has 0 radical (unpaired) electrons. The molecule has 3 unspecified atom stereocenters. The lowest BCUT2D eigenvalue weighted by molar-refractivity contribution is -0.116. The molecule has 2 aliphatic rings. The van der Waals surface area contributed by atoms with Crippen molar-refractivity contribution in [1.82, 2.24) is 4.90 Å². The van der Waals surface area contributed by atoms with Crippen LogP contribution in [-0.4, -0.2) is 43.0 Å². The lowest BCUT2D eigenvalue weighted by Crippen LogP contribution is -2.55. The fourth-order valence-corrected chi connectivity index (χ4v) is 3.43. The van der Waals surface area contributed by atoms with E-state index >= 15 is 0 Å². The average molecular weight is 309 g/mol. The van der Waals surface area contributed by atoms with E-state index in [-0.39, 0.29) is 5.91 Å². The highest BCUT2D eigenvalue weighted by Crippen LogP contribution is 2.38. The number of hydrogen-bond donors (Lipinski definition) is 2. The number of rotatable bonds is 1. The number of piperazine rings is 1. The molecule has 2 heterocycles. The van der Waals surface area contributed by atoms with Gasteiger partial charge in [-0.1, -0.05) is 11.6 Å². The Labute approximate surface area is 130 Å². The van der Waals surface area contributed by atoms with Gasteiger partial charge >= 0.3 is 0 Å². The second-order valence-electron chi connectivity index (χ2n) is 6.13. The van der Waals surface area contributed by atoms with Gasteiger partial charge in [-0.05, 0) is 33.0 Å². The van der Waals surface area contributed by atoms with Gasteiger partial charge in [-0.2, -0.15) is 0 Å². The molecule has 1 aromatic carbocycles. The van der Waals surface area contributed by atoms with Crippen LogP contribution in [-0.2, 0) is 4.79 Å². The molecule has 0 aliphatic carbocycles. The minimum absolute atomic E-state index is 0.168. The van der Waals surface area contributed by atoms with Crippen LogP contribution in [0.1, 0.15) is 25.5 Å². The third-order valence-electron chi connectivity index (χ3n) is 4.69. The molecule has 0 saturated carbocycles. The van der Waals surface area contributed by atoms with Crippen molar-refractivity contribution in [3.05, 3.63) is 22.7 Å². The summed E-state index contributed by atoms with van der Waals surface area (Å²) in [6.45, 7) is 6.25. The largest absolute Gasteiger partial charge is 0.367 e. The van der Waals surface area contributed by atoms with E-state index < -0.39 is 6.04 Å². The Bertz CT molecular complexity index is 579. The molecule has 1 amide bonds. The summed E-state index contributed by atoms with van der Waals surface area (Å²) in [5.74, 6) is -0.168. The van der Waals surface area contributed by atoms with Gasteiger partial charge < -0.3 is 16.0 Å². The molecule has 3 N–H and O–H groups in total. The van der Waals surface area contributed by atoms with Gasteiger partial charge in [0.15, 0.2) is 0 Å². The van der Waals surface area contributed by atoms with Crippen molar-refractivity contribution in [2.75, 3.05) is 30.4 Å². The standard InChI is InChI=1S/C15H21ClN4O/c1-8-6-20(7-9(2)19(8)3)13-5-12-10(4-11(13)16)14(17)15(21)18-12/h4-5,8-9,14H,6-7,17H2,1-3H3,(H,18,21). The Balaban J connectivity index is 1.94. The number of nitrogens with one attached hydrogen (secondary N) is 1. The fourth-order valence-electron chi connectivity index (χ4n) is 3.14. The summed E-state index contributed by atoms with van der Waals surface area (Å²) in [5, 5.41) is 3.48. The number of benzene rings is 1. The molecular weight excluding hydrogens is 288 g/mol. The van der Waals surface area contributed by atoms with Crippen LogP contribution in [0, 0.1) is 0 Å². The van der Waals surface area contributed by atoms with Crippen LogP contribution in [0.5, 0.6) is 0 Å². The van der Waals surface area contributed by atoms with Crippen molar-refractivity contribution < 1.29 is 4.79 Å². The van der Waals surface area contributed by atoms with Gasteiger partial charge in [0.1, 0.15) is 6.04 Å². The first-order chi connectivity index (χ1) is 9.88. The monoisotopic (exact) mass is 308 g/mol. The Hall–Kier alpha value is -1.30. The normalized spacial score (nSPS) is 29.5. The quantitative estimate of drug-likeness (QED) is 0.831. The van der Waals surface area contributed by atoms with E-state index in [1.54, 1.807) is 0 Å². The highest BCUT2D eigenvalue weighted by molar-refractivity contribution is 6.33. The second kappa shape index (κ2) is 5.16. The Morgan fingerprint density at radius 1 is 1.29 bits per heavy atom. The van der Waals surface area contributed by atoms with Gasteiger partial charge in [0.25, 0.3) is 0 Å². The molecule has 21 heavy (non-hydrogen) atoms. The molecule has 2 aliphatic heterocycles. The SMILES string of the molecule is CC1CN(c2cc3c(cc2Cl)C(N)C(=O)N3)CC(C)N1C. The van der Waals surface area contributed by atoms with Crippen LogP contribution in [0.4, 0.5) is 11.4 Å². The minimum atomic E-state index is -0.614. The van der Waals surface area contributed by atoms with Crippen molar-refractivity contribution in [3.63, 3.8) is 0 Å². The van der Waals surface area contributed by atoms with Crippen molar-refractivity contribution in [3.8, 4) is 0 Å². The van der Waals surface area contributed by atoms with Crippen molar-refractivity contribution in [1.29, 1.82) is 0 Å². The van der Waals surface area contributed by atoms with Crippen molar-refractivity contribution in [2.24, 2.45) is 5.73 Å². The van der Waals surface area contributed by atoms with Crippen molar-refractivity contribution in [2.45, 2.75) is 32.0 Å². The molecule has 114 valence electrons. The maximum Gasteiger partial charge on any atom is 0.245 e. The molecule has 0 aromatic heterocycles. The fraction of sp³-hybridized carbons (Fsp3) is 0.533. The molecule has 3 atom stereocenters. The summed E-state index contributed by atoms with van der Waals surface area (Å²) in [5.41, 5.74) is 8.39. The van der Waals surface area contributed by atoms with Gasteiger partial charge in [0.2, 0.25) is 5.91 Å². The average Bonchev–Trinajstić information content (AvgIpc) is 2.70. The number of carbonyl (C=O) groups is 1.